The molecule has 170 valence electrons. The lowest BCUT2D eigenvalue weighted by atomic mass is 10.00. The van der Waals surface area contributed by atoms with Gasteiger partial charge in [-0.3, -0.25) is 14.5 Å². The van der Waals surface area contributed by atoms with Gasteiger partial charge in [-0.2, -0.15) is 0 Å². The van der Waals surface area contributed by atoms with Crippen molar-refractivity contribution in [1.29, 1.82) is 0 Å². The minimum atomic E-state index is -0.875. The second kappa shape index (κ2) is 10.7. The average molecular weight is 442 g/mol. The fourth-order valence-corrected chi connectivity index (χ4v) is 3.56. The van der Waals surface area contributed by atoms with Crippen molar-refractivity contribution in [3.05, 3.63) is 65.5 Å². The highest BCUT2D eigenvalue weighted by atomic mass is 19.1. The summed E-state index contributed by atoms with van der Waals surface area (Å²) in [7, 11) is 0. The number of anilines is 1. The van der Waals surface area contributed by atoms with Crippen molar-refractivity contribution in [1.82, 2.24) is 10.2 Å². The van der Waals surface area contributed by atoms with E-state index in [4.69, 9.17) is 4.74 Å². The highest BCUT2D eigenvalue weighted by molar-refractivity contribution is 5.91. The Morgan fingerprint density at radius 2 is 1.72 bits per heavy atom. The van der Waals surface area contributed by atoms with Crippen molar-refractivity contribution in [3.8, 4) is 0 Å². The van der Waals surface area contributed by atoms with Gasteiger partial charge in [0.15, 0.2) is 12.1 Å². The van der Waals surface area contributed by atoms with Crippen molar-refractivity contribution >= 4 is 23.6 Å². The molecule has 7 nitrogen and oxygen atoms in total. The Balaban J connectivity index is 1.83. The Kier molecular flexibility index (Phi) is 7.81. The summed E-state index contributed by atoms with van der Waals surface area (Å²) in [6.07, 6.45) is 0.513. The van der Waals surface area contributed by atoms with E-state index in [1.807, 2.05) is 13.8 Å². The zero-order chi connectivity index (χ0) is 23.1. The van der Waals surface area contributed by atoms with Crippen LogP contribution in [0.2, 0.25) is 0 Å². The minimum absolute atomic E-state index is 0.0742. The molecule has 3 rings (SSSR count). The van der Waals surface area contributed by atoms with E-state index in [9.17, 15) is 18.8 Å². The van der Waals surface area contributed by atoms with Crippen LogP contribution >= 0.6 is 0 Å². The SMILES string of the molecule is CCCNC(=O)C1C(c2ccc(NC(=O)CCC)cc2)OC(=O)N1Cc1ccc(F)cc1. The second-order valence-corrected chi connectivity index (χ2v) is 7.71. The lowest BCUT2D eigenvalue weighted by molar-refractivity contribution is -0.126. The number of rotatable bonds is 9. The molecular formula is C24H28FN3O4. The van der Waals surface area contributed by atoms with Crippen LogP contribution in [0.3, 0.4) is 0 Å². The van der Waals surface area contributed by atoms with Crippen LogP contribution in [-0.4, -0.2) is 35.4 Å². The lowest BCUT2D eigenvalue weighted by Crippen LogP contribution is -2.46. The Labute approximate surface area is 186 Å². The maximum absolute atomic E-state index is 13.3. The third-order valence-electron chi connectivity index (χ3n) is 5.17. The first-order valence-corrected chi connectivity index (χ1v) is 10.8. The van der Waals surface area contributed by atoms with E-state index >= 15 is 0 Å². The molecule has 2 aromatic carbocycles. The van der Waals surface area contributed by atoms with Crippen molar-refractivity contribution in [2.24, 2.45) is 0 Å². The molecule has 1 aliphatic heterocycles. The van der Waals surface area contributed by atoms with Crippen LogP contribution in [0, 0.1) is 5.82 Å². The molecule has 1 heterocycles. The molecule has 2 unspecified atom stereocenters. The van der Waals surface area contributed by atoms with Gasteiger partial charge < -0.3 is 15.4 Å². The van der Waals surface area contributed by atoms with Gasteiger partial charge in [0.2, 0.25) is 11.8 Å². The molecule has 0 bridgehead atoms. The van der Waals surface area contributed by atoms with Crippen molar-refractivity contribution in [2.75, 3.05) is 11.9 Å². The first-order chi connectivity index (χ1) is 15.4. The number of ether oxygens (including phenoxy) is 1. The molecule has 0 saturated carbocycles. The molecule has 1 aliphatic rings. The number of nitrogens with zero attached hydrogens (tertiary/aromatic N) is 1. The van der Waals surface area contributed by atoms with Crippen LogP contribution in [0.1, 0.15) is 50.3 Å². The molecule has 0 radical (unpaired) electrons. The molecule has 0 spiro atoms. The molecule has 8 heteroatoms. The standard InChI is InChI=1S/C24H28FN3O4/c1-3-5-20(29)27-19-12-8-17(9-13-19)22-21(23(30)26-14-4-2)28(24(31)32-22)15-16-6-10-18(25)11-7-16/h6-13,21-22H,3-5,14-15H2,1-2H3,(H,26,30)(H,27,29). The minimum Gasteiger partial charge on any atom is -0.438 e. The Morgan fingerprint density at radius 3 is 2.34 bits per heavy atom. The van der Waals surface area contributed by atoms with Crippen molar-refractivity contribution in [3.63, 3.8) is 0 Å². The number of benzene rings is 2. The molecule has 1 fully saturated rings. The van der Waals surface area contributed by atoms with Crippen molar-refractivity contribution in [2.45, 2.75) is 51.8 Å². The summed E-state index contributed by atoms with van der Waals surface area (Å²) in [5.41, 5.74) is 1.96. The van der Waals surface area contributed by atoms with Gasteiger partial charge in [0, 0.05) is 18.7 Å². The third-order valence-corrected chi connectivity index (χ3v) is 5.17. The normalized spacial score (nSPS) is 17.7. The lowest BCUT2D eigenvalue weighted by Gasteiger charge is -2.24. The summed E-state index contributed by atoms with van der Waals surface area (Å²) in [6, 6.07) is 11.8. The van der Waals surface area contributed by atoms with Crippen LogP contribution in [0.4, 0.5) is 14.9 Å². The van der Waals surface area contributed by atoms with Gasteiger partial charge in [0.1, 0.15) is 5.82 Å². The van der Waals surface area contributed by atoms with Crippen LogP contribution < -0.4 is 10.6 Å². The van der Waals surface area contributed by atoms with Crippen LogP contribution in [-0.2, 0) is 20.9 Å². The first-order valence-electron chi connectivity index (χ1n) is 10.8. The average Bonchev–Trinajstić information content (AvgIpc) is 3.10. The predicted molar refractivity (Wildman–Crippen MR) is 118 cm³/mol. The van der Waals surface area contributed by atoms with E-state index in [0.29, 0.717) is 29.8 Å². The van der Waals surface area contributed by atoms with Gasteiger partial charge in [-0.05, 0) is 48.2 Å². The fourth-order valence-electron chi connectivity index (χ4n) is 3.56. The molecule has 32 heavy (non-hydrogen) atoms. The number of halogens is 1. The van der Waals surface area contributed by atoms with E-state index in [0.717, 1.165) is 12.8 Å². The Hall–Kier alpha value is -3.42. The van der Waals surface area contributed by atoms with E-state index in [1.54, 1.807) is 36.4 Å². The predicted octanol–water partition coefficient (Wildman–Crippen LogP) is 4.15. The second-order valence-electron chi connectivity index (χ2n) is 7.71. The van der Waals surface area contributed by atoms with Gasteiger partial charge >= 0.3 is 6.09 Å². The van der Waals surface area contributed by atoms with E-state index in [1.165, 1.54) is 17.0 Å². The molecule has 0 aliphatic carbocycles. The maximum Gasteiger partial charge on any atom is 0.411 e. The monoisotopic (exact) mass is 441 g/mol. The number of cyclic esters (lactones) is 1. The van der Waals surface area contributed by atoms with Gasteiger partial charge in [0.25, 0.3) is 0 Å². The van der Waals surface area contributed by atoms with Crippen LogP contribution in [0.15, 0.2) is 48.5 Å². The van der Waals surface area contributed by atoms with Gasteiger partial charge in [0.05, 0.1) is 6.54 Å². The van der Waals surface area contributed by atoms with E-state index < -0.39 is 18.2 Å². The number of nitrogens with one attached hydrogen (secondary N) is 2. The summed E-state index contributed by atoms with van der Waals surface area (Å²) >= 11 is 0. The molecule has 3 amide bonds. The van der Waals surface area contributed by atoms with E-state index in [2.05, 4.69) is 10.6 Å². The zero-order valence-electron chi connectivity index (χ0n) is 18.3. The number of carbonyl (C=O) groups excluding carboxylic acids is 3. The summed E-state index contributed by atoms with van der Waals surface area (Å²) in [5.74, 6) is -0.765. The molecule has 2 atom stereocenters. The van der Waals surface area contributed by atoms with Crippen LogP contribution in [0.5, 0.6) is 0 Å². The quantitative estimate of drug-likeness (QED) is 0.612. The highest BCUT2D eigenvalue weighted by Crippen LogP contribution is 2.34. The zero-order valence-corrected chi connectivity index (χ0v) is 18.3. The van der Waals surface area contributed by atoms with Crippen LogP contribution in [0.25, 0.3) is 0 Å². The van der Waals surface area contributed by atoms with Gasteiger partial charge in [-0.1, -0.05) is 38.1 Å². The summed E-state index contributed by atoms with van der Waals surface area (Å²) in [4.78, 5) is 38.8. The largest absolute Gasteiger partial charge is 0.438 e. The third kappa shape index (κ3) is 5.63. The Bertz CT molecular complexity index is 947. The number of carbonyl (C=O) groups is 3. The van der Waals surface area contributed by atoms with E-state index in [-0.39, 0.29) is 24.2 Å². The van der Waals surface area contributed by atoms with Gasteiger partial charge in [-0.25, -0.2) is 9.18 Å². The molecule has 1 saturated heterocycles. The molecule has 0 aromatic heterocycles. The molecular weight excluding hydrogens is 413 g/mol. The Morgan fingerprint density at radius 1 is 1.03 bits per heavy atom. The molecule has 2 aromatic rings. The molecule has 2 N–H and O–H groups in total. The summed E-state index contributed by atoms with van der Waals surface area (Å²) in [6.45, 7) is 4.46. The van der Waals surface area contributed by atoms with Gasteiger partial charge in [-0.15, -0.1) is 0 Å². The first kappa shape index (κ1) is 23.2. The van der Waals surface area contributed by atoms with Crippen molar-refractivity contribution < 1.29 is 23.5 Å². The fraction of sp³-hybridized carbons (Fsp3) is 0.375. The topological polar surface area (TPSA) is 87.7 Å². The number of hydrogen-bond donors (Lipinski definition) is 2. The highest BCUT2D eigenvalue weighted by Gasteiger charge is 2.46. The summed E-state index contributed by atoms with van der Waals surface area (Å²) in [5, 5.41) is 5.65. The summed E-state index contributed by atoms with van der Waals surface area (Å²) < 4.78 is 18.9. The number of amides is 3. The number of hydrogen-bond acceptors (Lipinski definition) is 4. The smallest absolute Gasteiger partial charge is 0.411 e. The maximum atomic E-state index is 13.3.